The predicted octanol–water partition coefficient (Wildman–Crippen LogP) is 2.40. The van der Waals surface area contributed by atoms with Crippen molar-refractivity contribution in [3.63, 3.8) is 0 Å². The molecule has 2 aliphatic heterocycles. The predicted molar refractivity (Wildman–Crippen MR) is 78.9 cm³/mol. The van der Waals surface area contributed by atoms with E-state index >= 15 is 0 Å². The molecular formula is C15H21NO2S. The molecule has 1 atom stereocenters. The molecule has 3 nitrogen and oxygen atoms in total. The zero-order valence-corrected chi connectivity index (χ0v) is 12.4. The first-order valence-corrected chi connectivity index (χ1v) is 7.74. The maximum atomic E-state index is 5.47. The lowest BCUT2D eigenvalue weighted by molar-refractivity contribution is 0.0631. The third-order valence-electron chi connectivity index (χ3n) is 4.07. The molecule has 2 saturated heterocycles. The Morgan fingerprint density at radius 3 is 2.89 bits per heavy atom. The first-order chi connectivity index (χ1) is 9.23. The molecule has 19 heavy (non-hydrogen) atoms. The highest BCUT2D eigenvalue weighted by Gasteiger charge is 2.48. The number of benzene rings is 1. The fraction of sp³-hybridized carbons (Fsp3) is 0.600. The van der Waals surface area contributed by atoms with Gasteiger partial charge in [0.2, 0.25) is 0 Å². The van der Waals surface area contributed by atoms with Crippen molar-refractivity contribution >= 4 is 11.8 Å². The third kappa shape index (κ3) is 2.76. The van der Waals surface area contributed by atoms with E-state index in [1.807, 2.05) is 13.2 Å². The summed E-state index contributed by atoms with van der Waals surface area (Å²) in [6, 6.07) is 8.37. The molecule has 0 amide bonds. The van der Waals surface area contributed by atoms with Gasteiger partial charge in [-0.15, -0.1) is 11.8 Å². The number of rotatable bonds is 4. The number of hydrogen-bond acceptors (Lipinski definition) is 4. The van der Waals surface area contributed by atoms with E-state index in [0.29, 0.717) is 10.9 Å². The van der Waals surface area contributed by atoms with Gasteiger partial charge < -0.3 is 9.47 Å². The topological polar surface area (TPSA) is 21.7 Å². The number of methoxy groups -OCH3 is 2. The van der Waals surface area contributed by atoms with Crippen molar-refractivity contribution in [2.75, 3.05) is 33.1 Å². The van der Waals surface area contributed by atoms with E-state index in [9.17, 15) is 0 Å². The third-order valence-corrected chi connectivity index (χ3v) is 5.65. The molecule has 3 rings (SSSR count). The lowest BCUT2D eigenvalue weighted by Crippen LogP contribution is -2.58. The summed E-state index contributed by atoms with van der Waals surface area (Å²) in [6.45, 7) is 3.40. The Hall–Kier alpha value is -0.710. The Labute approximate surface area is 119 Å². The molecule has 0 unspecified atom stereocenters. The normalized spacial score (nSPS) is 25.5. The number of ether oxygens (including phenoxy) is 2. The Morgan fingerprint density at radius 2 is 2.21 bits per heavy atom. The molecule has 2 aliphatic rings. The summed E-state index contributed by atoms with van der Waals surface area (Å²) < 4.78 is 11.2. The van der Waals surface area contributed by atoms with Crippen LogP contribution in [0.15, 0.2) is 24.3 Å². The number of thioether (sulfide) groups is 1. The minimum Gasteiger partial charge on any atom is -0.497 e. The highest BCUT2D eigenvalue weighted by atomic mass is 32.2. The quantitative estimate of drug-likeness (QED) is 0.843. The second kappa shape index (κ2) is 5.35. The van der Waals surface area contributed by atoms with Crippen LogP contribution in [0.3, 0.4) is 0 Å². The van der Waals surface area contributed by atoms with Gasteiger partial charge in [0, 0.05) is 37.2 Å². The van der Waals surface area contributed by atoms with Crippen LogP contribution in [0.2, 0.25) is 0 Å². The van der Waals surface area contributed by atoms with Gasteiger partial charge in [-0.05, 0) is 24.1 Å². The maximum absolute atomic E-state index is 5.47. The smallest absolute Gasteiger partial charge is 0.119 e. The van der Waals surface area contributed by atoms with Crippen molar-refractivity contribution in [2.45, 2.75) is 23.8 Å². The van der Waals surface area contributed by atoms with Crippen molar-refractivity contribution in [1.29, 1.82) is 0 Å². The van der Waals surface area contributed by atoms with Crippen molar-refractivity contribution in [1.82, 2.24) is 4.90 Å². The van der Waals surface area contributed by atoms with Gasteiger partial charge in [0.15, 0.2) is 0 Å². The maximum Gasteiger partial charge on any atom is 0.119 e. The molecule has 0 radical (unpaired) electrons. The summed E-state index contributed by atoms with van der Waals surface area (Å²) in [4.78, 5) is 2.51. The summed E-state index contributed by atoms with van der Waals surface area (Å²) in [5.41, 5.74) is 1.33. The summed E-state index contributed by atoms with van der Waals surface area (Å²) in [7, 11) is 3.55. The van der Waals surface area contributed by atoms with Gasteiger partial charge in [0.25, 0.3) is 0 Å². The zero-order valence-electron chi connectivity index (χ0n) is 11.6. The highest BCUT2D eigenvalue weighted by Crippen LogP contribution is 2.46. The number of nitrogens with zero attached hydrogens (tertiary/aromatic N) is 1. The number of hydrogen-bond donors (Lipinski definition) is 0. The van der Waals surface area contributed by atoms with Crippen LogP contribution in [0.25, 0.3) is 0 Å². The van der Waals surface area contributed by atoms with Crippen LogP contribution >= 0.6 is 11.8 Å². The van der Waals surface area contributed by atoms with Crippen molar-refractivity contribution in [2.24, 2.45) is 0 Å². The minimum atomic E-state index is 0.462. The van der Waals surface area contributed by atoms with E-state index < -0.39 is 0 Å². The summed E-state index contributed by atoms with van der Waals surface area (Å²) in [5, 5.41) is 0. The molecule has 0 aromatic heterocycles. The van der Waals surface area contributed by atoms with Gasteiger partial charge in [0.1, 0.15) is 5.75 Å². The summed E-state index contributed by atoms with van der Waals surface area (Å²) in [5.74, 6) is 2.10. The fourth-order valence-corrected chi connectivity index (χ4v) is 4.73. The van der Waals surface area contributed by atoms with Crippen LogP contribution in [-0.2, 0) is 11.3 Å². The lowest BCUT2D eigenvalue weighted by Gasteiger charge is -2.47. The molecule has 2 heterocycles. The first-order valence-electron chi connectivity index (χ1n) is 6.75. The van der Waals surface area contributed by atoms with Crippen molar-refractivity contribution in [3.05, 3.63) is 29.8 Å². The second-order valence-electron chi connectivity index (χ2n) is 5.55. The van der Waals surface area contributed by atoms with Gasteiger partial charge in [0.05, 0.1) is 13.2 Å². The summed E-state index contributed by atoms with van der Waals surface area (Å²) in [6.07, 6.45) is 1.67. The molecule has 4 heteroatoms. The van der Waals surface area contributed by atoms with E-state index in [0.717, 1.165) is 18.0 Å². The molecule has 0 saturated carbocycles. The molecule has 2 fully saturated rings. The number of likely N-dealkylation sites (tertiary alicyclic amines) is 1. The average Bonchev–Trinajstić information content (AvgIpc) is 2.83. The average molecular weight is 279 g/mol. The first kappa shape index (κ1) is 13.3. The van der Waals surface area contributed by atoms with Crippen LogP contribution in [-0.4, -0.2) is 48.8 Å². The van der Waals surface area contributed by atoms with Gasteiger partial charge >= 0.3 is 0 Å². The second-order valence-corrected chi connectivity index (χ2v) is 7.04. The van der Waals surface area contributed by atoms with Crippen LogP contribution in [0.1, 0.15) is 12.0 Å². The van der Waals surface area contributed by atoms with Gasteiger partial charge in [-0.2, -0.15) is 0 Å². The van der Waals surface area contributed by atoms with E-state index in [-0.39, 0.29) is 0 Å². The Balaban J connectivity index is 1.54. The van der Waals surface area contributed by atoms with E-state index in [1.54, 1.807) is 7.11 Å². The minimum absolute atomic E-state index is 0.462. The molecule has 0 aliphatic carbocycles. The Bertz CT molecular complexity index is 446. The fourth-order valence-electron chi connectivity index (χ4n) is 3.08. The van der Waals surface area contributed by atoms with Crippen LogP contribution in [0.5, 0.6) is 5.75 Å². The van der Waals surface area contributed by atoms with E-state index in [2.05, 4.69) is 34.9 Å². The monoisotopic (exact) mass is 279 g/mol. The molecule has 0 N–H and O–H groups in total. The standard InChI is InChI=1S/C15H21NO2S/c1-17-13-5-3-4-12(6-13)8-16-10-15(11-16)7-14(18-2)9-19-15/h3-6,14H,7-11H2,1-2H3/t14-/m1/s1. The largest absolute Gasteiger partial charge is 0.497 e. The molecule has 104 valence electrons. The van der Waals surface area contributed by atoms with Crippen LogP contribution in [0.4, 0.5) is 0 Å². The van der Waals surface area contributed by atoms with Gasteiger partial charge in [-0.1, -0.05) is 12.1 Å². The molecule has 1 aromatic rings. The van der Waals surface area contributed by atoms with Crippen molar-refractivity contribution < 1.29 is 9.47 Å². The highest BCUT2D eigenvalue weighted by molar-refractivity contribution is 8.01. The Kier molecular flexibility index (Phi) is 3.74. The van der Waals surface area contributed by atoms with Gasteiger partial charge in [-0.3, -0.25) is 4.90 Å². The van der Waals surface area contributed by atoms with Gasteiger partial charge in [-0.25, -0.2) is 0 Å². The molecule has 1 spiro atoms. The SMILES string of the molecule is COc1cccc(CN2CC3(C[C@@H](OC)CS3)C2)c1. The molecular weight excluding hydrogens is 258 g/mol. The molecule has 1 aromatic carbocycles. The van der Waals surface area contributed by atoms with E-state index in [1.165, 1.54) is 25.1 Å². The van der Waals surface area contributed by atoms with Crippen LogP contribution < -0.4 is 4.74 Å². The summed E-state index contributed by atoms with van der Waals surface area (Å²) >= 11 is 2.09. The zero-order chi connectivity index (χ0) is 13.3. The van der Waals surface area contributed by atoms with Crippen molar-refractivity contribution in [3.8, 4) is 5.75 Å². The molecule has 0 bridgehead atoms. The van der Waals surface area contributed by atoms with E-state index in [4.69, 9.17) is 9.47 Å². The lowest BCUT2D eigenvalue weighted by atomic mass is 9.92. The Morgan fingerprint density at radius 1 is 1.37 bits per heavy atom. The van der Waals surface area contributed by atoms with Crippen LogP contribution in [0, 0.1) is 0 Å².